The molecule has 4 nitrogen and oxygen atoms in total. The summed E-state index contributed by atoms with van der Waals surface area (Å²) in [7, 11) is 0. The number of carbonyl (C=O) groups is 1. The summed E-state index contributed by atoms with van der Waals surface area (Å²) in [6.45, 7) is 11.3. The van der Waals surface area contributed by atoms with Crippen LogP contribution in [-0.2, 0) is 24.9 Å². The predicted molar refractivity (Wildman–Crippen MR) is 180 cm³/mol. The number of aliphatic hydroxyl groups is 1. The number of hydrogen-bond donors (Lipinski definition) is 1. The third-order valence-corrected chi connectivity index (χ3v) is 6.64. The molecule has 0 saturated carbocycles. The molecule has 0 fully saturated rings. The first-order valence-electron chi connectivity index (χ1n) is 14.3. The van der Waals surface area contributed by atoms with E-state index in [4.69, 9.17) is 15.1 Å². The maximum atomic E-state index is 10.0. The number of aliphatic hydroxyl groups excluding tert-OH is 1. The molecule has 225 valence electrons. The summed E-state index contributed by atoms with van der Waals surface area (Å²) in [4.78, 5) is 19.5. The second-order valence-corrected chi connectivity index (χ2v) is 10.9. The number of aryl methyl sites for hydroxylation is 4. The van der Waals surface area contributed by atoms with Crippen molar-refractivity contribution in [3.05, 3.63) is 143 Å². The Hall–Kier alpha value is -4.44. The van der Waals surface area contributed by atoms with Crippen LogP contribution in [0.4, 0.5) is 0 Å². The van der Waals surface area contributed by atoms with Crippen molar-refractivity contribution in [3.8, 4) is 22.5 Å². The van der Waals surface area contributed by atoms with E-state index in [1.165, 1.54) is 64.1 Å². The first kappa shape index (κ1) is 34.1. The van der Waals surface area contributed by atoms with Gasteiger partial charge in [0.25, 0.3) is 0 Å². The van der Waals surface area contributed by atoms with E-state index in [1.54, 1.807) is 0 Å². The van der Waals surface area contributed by atoms with Gasteiger partial charge in [-0.05, 0) is 90.1 Å². The Morgan fingerprint density at radius 1 is 0.568 bits per heavy atom. The Morgan fingerprint density at radius 3 is 1.25 bits per heavy atom. The van der Waals surface area contributed by atoms with E-state index in [0.29, 0.717) is 0 Å². The smallest absolute Gasteiger partial charge is 0.155 e. The van der Waals surface area contributed by atoms with E-state index in [2.05, 4.69) is 113 Å². The van der Waals surface area contributed by atoms with Crippen LogP contribution in [0.1, 0.15) is 36.1 Å². The van der Waals surface area contributed by atoms with Gasteiger partial charge in [0, 0.05) is 48.1 Å². The number of ketones is 1. The first-order chi connectivity index (χ1) is 20.6. The fraction of sp³-hybridized carbons (Fsp3) is 0.154. The fourth-order valence-corrected chi connectivity index (χ4v) is 4.99. The molecule has 0 bridgehead atoms. The molecule has 0 aliphatic carbocycles. The van der Waals surface area contributed by atoms with Crippen molar-refractivity contribution in [2.75, 3.05) is 0 Å². The normalized spacial score (nSPS) is 10.6. The largest absolute Gasteiger partial charge is 0.512 e. The maximum Gasteiger partial charge on any atom is 0.155 e. The van der Waals surface area contributed by atoms with Gasteiger partial charge in [0.15, 0.2) is 5.78 Å². The van der Waals surface area contributed by atoms with Gasteiger partial charge < -0.3 is 5.11 Å². The number of carbonyl (C=O) groups excluding carboxylic acids is 1. The van der Waals surface area contributed by atoms with Gasteiger partial charge in [-0.1, -0.05) is 82.9 Å². The molecule has 1 radical (unpaired) electrons. The van der Waals surface area contributed by atoms with Gasteiger partial charge in [0.1, 0.15) is 0 Å². The van der Waals surface area contributed by atoms with Crippen LogP contribution >= 0.6 is 0 Å². The number of rotatable bonds is 3. The quantitative estimate of drug-likeness (QED) is 0.144. The number of nitrogens with zero attached hydrogens (tertiary/aromatic N) is 2. The number of allylic oxidation sites excluding steroid dienone is 2. The molecular weight excluding hydrogens is 721 g/mol. The molecular formula is C39H38IrN2O2. The molecule has 4 aromatic carbocycles. The summed E-state index contributed by atoms with van der Waals surface area (Å²) >= 11 is 0. The molecule has 2 heterocycles. The fourth-order valence-electron chi connectivity index (χ4n) is 4.99. The summed E-state index contributed by atoms with van der Waals surface area (Å²) in [5.74, 6) is -0.0625. The minimum atomic E-state index is -0.125. The Morgan fingerprint density at radius 2 is 0.932 bits per heavy atom. The number of aromatic nitrogens is 2. The van der Waals surface area contributed by atoms with E-state index in [-0.39, 0.29) is 31.6 Å². The van der Waals surface area contributed by atoms with E-state index < -0.39 is 0 Å². The van der Waals surface area contributed by atoms with E-state index in [0.717, 1.165) is 22.4 Å². The van der Waals surface area contributed by atoms with E-state index in [9.17, 15) is 4.79 Å². The van der Waals surface area contributed by atoms with Crippen LogP contribution in [-0.4, -0.2) is 20.9 Å². The Balaban J connectivity index is 0.000000196. The summed E-state index contributed by atoms with van der Waals surface area (Å²) in [5, 5.41) is 10.7. The maximum absolute atomic E-state index is 10.0. The van der Waals surface area contributed by atoms with Gasteiger partial charge in [-0.3, -0.25) is 4.79 Å². The van der Waals surface area contributed by atoms with Crippen molar-refractivity contribution in [1.82, 2.24) is 9.97 Å². The molecule has 6 aromatic rings. The van der Waals surface area contributed by atoms with Crippen molar-refractivity contribution in [3.63, 3.8) is 0 Å². The monoisotopic (exact) mass is 759 g/mol. The molecule has 0 amide bonds. The third-order valence-electron chi connectivity index (χ3n) is 6.64. The van der Waals surface area contributed by atoms with Crippen molar-refractivity contribution >= 4 is 27.6 Å². The molecule has 0 atom stereocenters. The zero-order valence-corrected chi connectivity index (χ0v) is 28.4. The topological polar surface area (TPSA) is 63.1 Å². The molecule has 0 saturated heterocycles. The molecule has 2 aromatic heterocycles. The Bertz CT molecular complexity index is 1760. The molecule has 6 rings (SSSR count). The predicted octanol–water partition coefficient (Wildman–Crippen LogP) is 10.1. The minimum absolute atomic E-state index is 0. The molecule has 1 N–H and O–H groups in total. The van der Waals surface area contributed by atoms with Gasteiger partial charge in [-0.2, -0.15) is 0 Å². The Labute approximate surface area is 273 Å². The summed E-state index contributed by atoms with van der Waals surface area (Å²) in [6, 6.07) is 38.0. The number of benzene rings is 4. The summed E-state index contributed by atoms with van der Waals surface area (Å²) in [6.07, 6.45) is 1.17. The average molecular weight is 759 g/mol. The van der Waals surface area contributed by atoms with Crippen LogP contribution in [0, 0.1) is 27.7 Å². The minimum Gasteiger partial charge on any atom is -0.512 e. The molecule has 0 aliphatic rings. The molecule has 5 heteroatoms. The number of fused-ring (bicyclic) bond motifs is 2. The van der Waals surface area contributed by atoms with Crippen molar-refractivity contribution < 1.29 is 30.0 Å². The van der Waals surface area contributed by atoms with Crippen molar-refractivity contribution in [2.24, 2.45) is 0 Å². The third kappa shape index (κ3) is 9.80. The first-order valence-corrected chi connectivity index (χ1v) is 14.3. The summed E-state index contributed by atoms with van der Waals surface area (Å²) in [5.41, 5.74) is 11.7. The van der Waals surface area contributed by atoms with E-state index in [1.807, 2.05) is 24.3 Å². The van der Waals surface area contributed by atoms with Crippen LogP contribution < -0.4 is 0 Å². The van der Waals surface area contributed by atoms with Crippen LogP contribution in [0.3, 0.4) is 0 Å². The average Bonchev–Trinajstić information content (AvgIpc) is 2.95. The number of pyridine rings is 2. The molecule has 0 spiro atoms. The van der Waals surface area contributed by atoms with Crippen LogP contribution in [0.5, 0.6) is 0 Å². The SMILES string of the molecule is CC(=O)C=C(C)O.Cc1cc(C)cc(-c2ccc3ccccc3n2)c1.Cc1cc(C)cc(-c2ccc3ccccc3n2)c1.[Ir]. The van der Waals surface area contributed by atoms with Crippen molar-refractivity contribution in [1.29, 1.82) is 0 Å². The van der Waals surface area contributed by atoms with Crippen molar-refractivity contribution in [2.45, 2.75) is 41.5 Å². The van der Waals surface area contributed by atoms with Gasteiger partial charge in [0.2, 0.25) is 0 Å². The molecule has 0 aliphatic heterocycles. The van der Waals surface area contributed by atoms with Crippen LogP contribution in [0.25, 0.3) is 44.3 Å². The number of hydrogen-bond acceptors (Lipinski definition) is 4. The summed E-state index contributed by atoms with van der Waals surface area (Å²) < 4.78 is 0. The second kappa shape index (κ2) is 15.9. The zero-order chi connectivity index (χ0) is 30.9. The second-order valence-electron chi connectivity index (χ2n) is 10.9. The van der Waals surface area contributed by atoms with Gasteiger partial charge in [-0.15, -0.1) is 0 Å². The van der Waals surface area contributed by atoms with Gasteiger partial charge in [0.05, 0.1) is 28.2 Å². The van der Waals surface area contributed by atoms with Crippen LogP contribution in [0.15, 0.2) is 121 Å². The zero-order valence-electron chi connectivity index (χ0n) is 26.1. The Kier molecular flexibility index (Phi) is 12.3. The number of para-hydroxylation sites is 2. The van der Waals surface area contributed by atoms with Gasteiger partial charge >= 0.3 is 0 Å². The van der Waals surface area contributed by atoms with E-state index >= 15 is 0 Å². The molecule has 44 heavy (non-hydrogen) atoms. The van der Waals surface area contributed by atoms with Gasteiger partial charge in [-0.25, -0.2) is 9.97 Å². The molecule has 0 unspecified atom stereocenters. The standard InChI is InChI=1S/2C17H15N.C5H8O2.Ir/c2*1-12-9-13(2)11-15(10-12)17-8-7-14-5-3-4-6-16(14)18-17;1-4(6)3-5(2)7;/h2*3-11H,1-2H3;3,6H,1-2H3;. The van der Waals surface area contributed by atoms with Crippen LogP contribution in [0.2, 0.25) is 0 Å².